The minimum absolute atomic E-state index is 0.126. The van der Waals surface area contributed by atoms with Crippen LogP contribution in [0.25, 0.3) is 10.9 Å². The van der Waals surface area contributed by atoms with Crippen LogP contribution in [0.2, 0.25) is 5.02 Å². The van der Waals surface area contributed by atoms with Crippen LogP contribution < -0.4 is 10.3 Å². The standard InChI is InChI=1S/C20H19ClN2O3/c1-13(24)23(11-15-5-3-4-6-18(15)21)12-16-9-14-7-8-17(26-2)10-19(14)22-20(16)25/h3-10H,11-12H2,1-2H3,(H,22,25). The number of benzene rings is 2. The third-order valence-corrected chi connectivity index (χ3v) is 4.62. The van der Waals surface area contributed by atoms with Gasteiger partial charge in [0.15, 0.2) is 0 Å². The molecule has 0 atom stereocenters. The van der Waals surface area contributed by atoms with E-state index in [9.17, 15) is 9.59 Å². The van der Waals surface area contributed by atoms with Gasteiger partial charge in [0, 0.05) is 30.1 Å². The molecule has 1 aromatic heterocycles. The fourth-order valence-corrected chi connectivity index (χ4v) is 2.98. The van der Waals surface area contributed by atoms with Crippen molar-refractivity contribution in [1.29, 1.82) is 0 Å². The van der Waals surface area contributed by atoms with Gasteiger partial charge >= 0.3 is 0 Å². The minimum Gasteiger partial charge on any atom is -0.497 e. The fourth-order valence-electron chi connectivity index (χ4n) is 2.79. The van der Waals surface area contributed by atoms with Gasteiger partial charge in [-0.25, -0.2) is 0 Å². The van der Waals surface area contributed by atoms with Crippen molar-refractivity contribution in [1.82, 2.24) is 9.88 Å². The lowest BCUT2D eigenvalue weighted by Crippen LogP contribution is -2.30. The Labute approximate surface area is 156 Å². The van der Waals surface area contributed by atoms with Crippen molar-refractivity contribution >= 4 is 28.4 Å². The van der Waals surface area contributed by atoms with Crippen molar-refractivity contribution in [2.24, 2.45) is 0 Å². The molecule has 1 N–H and O–H groups in total. The Morgan fingerprint density at radius 3 is 2.54 bits per heavy atom. The Balaban J connectivity index is 1.91. The molecule has 0 spiro atoms. The summed E-state index contributed by atoms with van der Waals surface area (Å²) in [5.74, 6) is 0.545. The van der Waals surface area contributed by atoms with E-state index in [1.807, 2.05) is 30.3 Å². The maximum atomic E-state index is 12.4. The number of fused-ring (bicyclic) bond motifs is 1. The van der Waals surface area contributed by atoms with Gasteiger partial charge in [-0.15, -0.1) is 0 Å². The van der Waals surface area contributed by atoms with E-state index in [-0.39, 0.29) is 18.0 Å². The van der Waals surface area contributed by atoms with Crippen molar-refractivity contribution in [2.45, 2.75) is 20.0 Å². The molecule has 3 rings (SSSR count). The van der Waals surface area contributed by atoms with Crippen molar-refractivity contribution < 1.29 is 9.53 Å². The van der Waals surface area contributed by atoms with Crippen molar-refractivity contribution in [3.63, 3.8) is 0 Å². The van der Waals surface area contributed by atoms with Crippen LogP contribution in [0.4, 0.5) is 0 Å². The monoisotopic (exact) mass is 370 g/mol. The summed E-state index contributed by atoms with van der Waals surface area (Å²) in [5.41, 5.74) is 1.82. The highest BCUT2D eigenvalue weighted by Gasteiger charge is 2.14. The Bertz CT molecular complexity index is 1010. The molecule has 2 aromatic carbocycles. The van der Waals surface area contributed by atoms with Crippen LogP contribution in [0.3, 0.4) is 0 Å². The fraction of sp³-hybridized carbons (Fsp3) is 0.200. The quantitative estimate of drug-likeness (QED) is 0.744. The summed E-state index contributed by atoms with van der Waals surface area (Å²) in [5, 5.41) is 1.47. The number of rotatable bonds is 5. The van der Waals surface area contributed by atoms with Gasteiger partial charge in [0.05, 0.1) is 19.2 Å². The van der Waals surface area contributed by atoms with Gasteiger partial charge < -0.3 is 14.6 Å². The van der Waals surface area contributed by atoms with Crippen LogP contribution in [0, 0.1) is 0 Å². The number of pyridine rings is 1. The third kappa shape index (κ3) is 3.89. The third-order valence-electron chi connectivity index (χ3n) is 4.26. The van der Waals surface area contributed by atoms with Crippen LogP contribution in [-0.2, 0) is 17.9 Å². The summed E-state index contributed by atoms with van der Waals surface area (Å²) in [6, 6.07) is 14.6. The van der Waals surface area contributed by atoms with Crippen LogP contribution in [0.1, 0.15) is 18.1 Å². The molecule has 0 fully saturated rings. The first-order chi connectivity index (χ1) is 12.5. The van der Waals surface area contributed by atoms with E-state index < -0.39 is 0 Å². The lowest BCUT2D eigenvalue weighted by Gasteiger charge is -2.21. The van der Waals surface area contributed by atoms with Gasteiger partial charge in [-0.05, 0) is 35.2 Å². The first-order valence-electron chi connectivity index (χ1n) is 8.17. The van der Waals surface area contributed by atoms with Gasteiger partial charge in [-0.2, -0.15) is 0 Å². The number of nitrogens with one attached hydrogen (secondary N) is 1. The Kier molecular flexibility index (Phi) is 5.28. The van der Waals surface area contributed by atoms with Gasteiger partial charge in [0.1, 0.15) is 5.75 Å². The largest absolute Gasteiger partial charge is 0.497 e. The number of nitrogens with zero attached hydrogens (tertiary/aromatic N) is 1. The maximum Gasteiger partial charge on any atom is 0.253 e. The second-order valence-electron chi connectivity index (χ2n) is 6.04. The molecule has 0 radical (unpaired) electrons. The number of amides is 1. The number of ether oxygens (including phenoxy) is 1. The molecular formula is C20H19ClN2O3. The molecule has 0 aliphatic rings. The zero-order valence-corrected chi connectivity index (χ0v) is 15.3. The van der Waals surface area contributed by atoms with E-state index in [1.54, 1.807) is 30.2 Å². The topological polar surface area (TPSA) is 62.4 Å². The molecule has 3 aromatic rings. The number of carbonyl (C=O) groups is 1. The Morgan fingerprint density at radius 1 is 1.12 bits per heavy atom. The van der Waals surface area contributed by atoms with Crippen LogP contribution in [0.15, 0.2) is 53.3 Å². The summed E-state index contributed by atoms with van der Waals surface area (Å²) < 4.78 is 5.18. The zero-order chi connectivity index (χ0) is 18.7. The second-order valence-corrected chi connectivity index (χ2v) is 6.45. The molecule has 1 heterocycles. The highest BCUT2D eigenvalue weighted by atomic mass is 35.5. The first kappa shape index (κ1) is 18.0. The molecular weight excluding hydrogens is 352 g/mol. The molecule has 5 nitrogen and oxygen atoms in total. The van der Waals surface area contributed by atoms with E-state index in [0.29, 0.717) is 28.4 Å². The number of carbonyl (C=O) groups excluding carboxylic acids is 1. The summed E-state index contributed by atoms with van der Waals surface area (Å²) in [7, 11) is 1.58. The van der Waals surface area contributed by atoms with E-state index >= 15 is 0 Å². The highest BCUT2D eigenvalue weighted by molar-refractivity contribution is 6.31. The van der Waals surface area contributed by atoms with E-state index in [2.05, 4.69) is 4.98 Å². The molecule has 1 amide bonds. The van der Waals surface area contributed by atoms with Gasteiger partial charge in [0.2, 0.25) is 5.91 Å². The Hall–Kier alpha value is -2.79. The maximum absolute atomic E-state index is 12.4. The van der Waals surface area contributed by atoms with Crippen LogP contribution in [-0.4, -0.2) is 22.9 Å². The molecule has 26 heavy (non-hydrogen) atoms. The first-order valence-corrected chi connectivity index (χ1v) is 8.54. The number of halogens is 1. The summed E-state index contributed by atoms with van der Waals surface area (Å²) in [6.45, 7) is 2.03. The summed E-state index contributed by atoms with van der Waals surface area (Å²) >= 11 is 6.20. The zero-order valence-electron chi connectivity index (χ0n) is 14.6. The predicted octanol–water partition coefficient (Wildman–Crippen LogP) is 3.74. The van der Waals surface area contributed by atoms with Crippen molar-refractivity contribution in [3.05, 3.63) is 75.0 Å². The lowest BCUT2D eigenvalue weighted by molar-refractivity contribution is -0.130. The van der Waals surface area contributed by atoms with E-state index in [0.717, 1.165) is 10.9 Å². The van der Waals surface area contributed by atoms with Crippen LogP contribution in [0.5, 0.6) is 5.75 Å². The molecule has 0 saturated carbocycles. The molecule has 0 aliphatic heterocycles. The smallest absolute Gasteiger partial charge is 0.253 e. The molecule has 0 aliphatic carbocycles. The number of hydrogen-bond donors (Lipinski definition) is 1. The number of methoxy groups -OCH3 is 1. The molecule has 0 saturated heterocycles. The summed E-state index contributed by atoms with van der Waals surface area (Å²) in [4.78, 5) is 29.0. The average molecular weight is 371 g/mol. The second kappa shape index (κ2) is 7.62. The van der Waals surface area contributed by atoms with E-state index in [1.165, 1.54) is 6.92 Å². The van der Waals surface area contributed by atoms with Crippen molar-refractivity contribution in [3.8, 4) is 5.75 Å². The SMILES string of the molecule is COc1ccc2cc(CN(Cc3ccccc3Cl)C(C)=O)c(=O)[nH]c2c1. The number of aromatic nitrogens is 1. The van der Waals surface area contributed by atoms with Crippen molar-refractivity contribution in [2.75, 3.05) is 7.11 Å². The van der Waals surface area contributed by atoms with Crippen LogP contribution >= 0.6 is 11.6 Å². The normalized spacial score (nSPS) is 10.7. The molecule has 0 unspecified atom stereocenters. The van der Waals surface area contributed by atoms with Gasteiger partial charge in [-0.3, -0.25) is 9.59 Å². The summed E-state index contributed by atoms with van der Waals surface area (Å²) in [6.07, 6.45) is 0. The highest BCUT2D eigenvalue weighted by Crippen LogP contribution is 2.21. The number of hydrogen-bond acceptors (Lipinski definition) is 3. The molecule has 6 heteroatoms. The number of H-pyrrole nitrogens is 1. The predicted molar refractivity (Wildman–Crippen MR) is 103 cm³/mol. The van der Waals surface area contributed by atoms with Gasteiger partial charge in [0.25, 0.3) is 5.56 Å². The Morgan fingerprint density at radius 2 is 1.85 bits per heavy atom. The van der Waals surface area contributed by atoms with Gasteiger partial charge in [-0.1, -0.05) is 29.8 Å². The minimum atomic E-state index is -0.226. The lowest BCUT2D eigenvalue weighted by atomic mass is 10.1. The molecule has 0 bridgehead atoms. The molecule has 134 valence electrons. The number of aromatic amines is 1. The average Bonchev–Trinajstić information content (AvgIpc) is 2.62. The van der Waals surface area contributed by atoms with E-state index in [4.69, 9.17) is 16.3 Å².